The first-order chi connectivity index (χ1) is 9.89. The fourth-order valence-corrected chi connectivity index (χ4v) is 2.22. The Hall–Kier alpha value is -1.67. The lowest BCUT2D eigenvalue weighted by Gasteiger charge is -2.12. The minimum atomic E-state index is -3.32. The van der Waals surface area contributed by atoms with E-state index in [2.05, 4.69) is 20.3 Å². The second-order valence-corrected chi connectivity index (χ2v) is 6.62. The van der Waals surface area contributed by atoms with Crippen LogP contribution in [0.1, 0.15) is 29.4 Å². The van der Waals surface area contributed by atoms with Gasteiger partial charge < -0.3 is 10.6 Å². The first-order valence-corrected chi connectivity index (χ1v) is 8.44. The van der Waals surface area contributed by atoms with Crippen LogP contribution in [-0.4, -0.2) is 45.2 Å². The van der Waals surface area contributed by atoms with Crippen LogP contribution in [-0.2, 0) is 10.0 Å². The van der Waals surface area contributed by atoms with Crippen LogP contribution in [0.15, 0.2) is 12.3 Å². The highest BCUT2D eigenvalue weighted by molar-refractivity contribution is 7.89. The van der Waals surface area contributed by atoms with Gasteiger partial charge in [-0.2, -0.15) is 0 Å². The molecule has 1 aromatic heterocycles. The lowest BCUT2D eigenvalue weighted by molar-refractivity contribution is 0.0956. The molecule has 0 aliphatic carbocycles. The Kier molecular flexibility index (Phi) is 6.57. The van der Waals surface area contributed by atoms with Gasteiger partial charge >= 0.3 is 0 Å². The van der Waals surface area contributed by atoms with Gasteiger partial charge in [0.15, 0.2) is 0 Å². The third-order valence-electron chi connectivity index (χ3n) is 2.82. The number of hydrogen-bond acceptors (Lipinski definition) is 5. The monoisotopic (exact) mass is 314 g/mol. The van der Waals surface area contributed by atoms with E-state index in [0.29, 0.717) is 11.3 Å². The zero-order valence-corrected chi connectivity index (χ0v) is 13.4. The van der Waals surface area contributed by atoms with Crippen molar-refractivity contribution < 1.29 is 13.2 Å². The molecule has 1 heterocycles. The third-order valence-corrected chi connectivity index (χ3v) is 4.18. The van der Waals surface area contributed by atoms with Crippen LogP contribution < -0.4 is 15.4 Å². The molecule has 0 saturated carbocycles. The molecule has 7 nitrogen and oxygen atoms in total. The molecule has 1 aromatic rings. The Morgan fingerprint density at radius 3 is 2.67 bits per heavy atom. The summed E-state index contributed by atoms with van der Waals surface area (Å²) in [5.41, 5.74) is 1.93. The Balaban J connectivity index is 2.73. The van der Waals surface area contributed by atoms with Crippen LogP contribution in [0.2, 0.25) is 0 Å². The molecular weight excluding hydrogens is 292 g/mol. The zero-order valence-electron chi connectivity index (χ0n) is 12.6. The SMILES string of the molecule is CCCNc1cc(C)ncc1C(=O)NCCS(=O)(=O)NC. The summed E-state index contributed by atoms with van der Waals surface area (Å²) in [7, 11) is -1.98. The van der Waals surface area contributed by atoms with Gasteiger partial charge in [0, 0.05) is 25.0 Å². The summed E-state index contributed by atoms with van der Waals surface area (Å²) in [5.74, 6) is -0.501. The number of pyridine rings is 1. The van der Waals surface area contributed by atoms with Crippen molar-refractivity contribution in [3.05, 3.63) is 23.5 Å². The van der Waals surface area contributed by atoms with Gasteiger partial charge in [0.1, 0.15) is 0 Å². The van der Waals surface area contributed by atoms with Crippen molar-refractivity contribution in [2.75, 3.05) is 31.2 Å². The topological polar surface area (TPSA) is 100 Å². The van der Waals surface area contributed by atoms with Crippen LogP contribution in [0.3, 0.4) is 0 Å². The highest BCUT2D eigenvalue weighted by Crippen LogP contribution is 2.15. The van der Waals surface area contributed by atoms with Gasteiger partial charge in [0.2, 0.25) is 10.0 Å². The molecule has 8 heteroatoms. The number of rotatable bonds is 8. The molecule has 3 N–H and O–H groups in total. The van der Waals surface area contributed by atoms with Crippen molar-refractivity contribution in [3.63, 3.8) is 0 Å². The first kappa shape index (κ1) is 17.4. The van der Waals surface area contributed by atoms with E-state index < -0.39 is 10.0 Å². The van der Waals surface area contributed by atoms with Crippen LogP contribution >= 0.6 is 0 Å². The number of sulfonamides is 1. The summed E-state index contributed by atoms with van der Waals surface area (Å²) < 4.78 is 24.8. The lowest BCUT2D eigenvalue weighted by Crippen LogP contribution is -2.33. The largest absolute Gasteiger partial charge is 0.384 e. The van der Waals surface area contributed by atoms with Gasteiger partial charge in [-0.1, -0.05) is 6.92 Å². The normalized spacial score (nSPS) is 11.2. The summed E-state index contributed by atoms with van der Waals surface area (Å²) in [4.78, 5) is 16.2. The number of carbonyl (C=O) groups excluding carboxylic acids is 1. The number of amides is 1. The second-order valence-electron chi connectivity index (χ2n) is 4.58. The van der Waals surface area contributed by atoms with E-state index in [1.165, 1.54) is 13.2 Å². The van der Waals surface area contributed by atoms with Crippen LogP contribution in [0.4, 0.5) is 5.69 Å². The Labute approximate surface area is 125 Å². The van der Waals surface area contributed by atoms with Crippen molar-refractivity contribution >= 4 is 21.6 Å². The van der Waals surface area contributed by atoms with Crippen molar-refractivity contribution in [3.8, 4) is 0 Å². The highest BCUT2D eigenvalue weighted by atomic mass is 32.2. The predicted molar refractivity (Wildman–Crippen MR) is 82.9 cm³/mol. The number of hydrogen-bond donors (Lipinski definition) is 3. The Morgan fingerprint density at radius 1 is 1.33 bits per heavy atom. The summed E-state index contributed by atoms with van der Waals surface area (Å²) >= 11 is 0. The number of nitrogens with zero attached hydrogens (tertiary/aromatic N) is 1. The van der Waals surface area contributed by atoms with E-state index in [1.54, 1.807) is 6.07 Å². The molecule has 0 aliphatic rings. The molecule has 21 heavy (non-hydrogen) atoms. The van der Waals surface area contributed by atoms with Gasteiger partial charge in [-0.3, -0.25) is 9.78 Å². The molecule has 0 aliphatic heterocycles. The average Bonchev–Trinajstić information content (AvgIpc) is 2.44. The molecule has 0 atom stereocenters. The van der Waals surface area contributed by atoms with E-state index in [4.69, 9.17) is 0 Å². The molecule has 0 saturated heterocycles. The Bertz CT molecular complexity index is 587. The first-order valence-electron chi connectivity index (χ1n) is 6.79. The van der Waals surface area contributed by atoms with Gasteiger partial charge in [0.25, 0.3) is 5.91 Å². The number of nitrogens with one attached hydrogen (secondary N) is 3. The fraction of sp³-hybridized carbons (Fsp3) is 0.538. The van der Waals surface area contributed by atoms with E-state index in [0.717, 1.165) is 18.7 Å². The van der Waals surface area contributed by atoms with Crippen molar-refractivity contribution in [1.29, 1.82) is 0 Å². The van der Waals surface area contributed by atoms with Crippen LogP contribution in [0.25, 0.3) is 0 Å². The summed E-state index contributed by atoms with van der Waals surface area (Å²) in [6.45, 7) is 4.67. The maximum absolute atomic E-state index is 12.1. The van der Waals surface area contributed by atoms with Gasteiger partial charge in [-0.05, 0) is 26.5 Å². The molecule has 0 unspecified atom stereocenters. The van der Waals surface area contributed by atoms with Crippen molar-refractivity contribution in [1.82, 2.24) is 15.0 Å². The highest BCUT2D eigenvalue weighted by Gasteiger charge is 2.13. The van der Waals surface area contributed by atoms with E-state index in [1.807, 2.05) is 13.8 Å². The number of carbonyl (C=O) groups is 1. The smallest absolute Gasteiger partial charge is 0.254 e. The fourth-order valence-electron chi connectivity index (χ4n) is 1.64. The standard InChI is InChI=1S/C13H22N4O3S/c1-4-5-15-12-8-10(2)17-9-11(12)13(18)16-6-7-21(19,20)14-3/h8-9,14H,4-7H2,1-3H3,(H,15,17)(H,16,18). The molecule has 0 bridgehead atoms. The predicted octanol–water partition coefficient (Wildman–Crippen LogP) is 0.491. The minimum Gasteiger partial charge on any atom is -0.384 e. The molecule has 0 fully saturated rings. The maximum Gasteiger partial charge on any atom is 0.254 e. The van der Waals surface area contributed by atoms with Crippen molar-refractivity contribution in [2.24, 2.45) is 0 Å². The van der Waals surface area contributed by atoms with Gasteiger partial charge in [-0.15, -0.1) is 0 Å². The van der Waals surface area contributed by atoms with Crippen molar-refractivity contribution in [2.45, 2.75) is 20.3 Å². The summed E-state index contributed by atoms with van der Waals surface area (Å²) in [6.07, 6.45) is 2.43. The summed E-state index contributed by atoms with van der Waals surface area (Å²) in [6, 6.07) is 1.80. The van der Waals surface area contributed by atoms with E-state index in [-0.39, 0.29) is 18.2 Å². The average molecular weight is 314 g/mol. The molecule has 118 valence electrons. The molecule has 0 aromatic carbocycles. The van der Waals surface area contributed by atoms with E-state index >= 15 is 0 Å². The maximum atomic E-state index is 12.1. The Morgan fingerprint density at radius 2 is 2.05 bits per heavy atom. The van der Waals surface area contributed by atoms with Crippen LogP contribution in [0.5, 0.6) is 0 Å². The van der Waals surface area contributed by atoms with Gasteiger partial charge in [0.05, 0.1) is 17.0 Å². The zero-order chi connectivity index (χ0) is 15.9. The summed E-state index contributed by atoms with van der Waals surface area (Å²) in [5, 5.41) is 5.76. The third kappa shape index (κ3) is 5.68. The number of aryl methyl sites for hydroxylation is 1. The minimum absolute atomic E-state index is 0.0447. The molecule has 1 rings (SSSR count). The van der Waals surface area contributed by atoms with E-state index in [9.17, 15) is 13.2 Å². The molecule has 1 amide bonds. The molecule has 0 spiro atoms. The number of anilines is 1. The number of aromatic nitrogens is 1. The second kappa shape index (κ2) is 7.94. The van der Waals surface area contributed by atoms with Crippen LogP contribution in [0, 0.1) is 6.92 Å². The quantitative estimate of drug-likeness (QED) is 0.648. The molecular formula is C13H22N4O3S. The molecule has 0 radical (unpaired) electrons. The van der Waals surface area contributed by atoms with Gasteiger partial charge in [-0.25, -0.2) is 13.1 Å². The lowest BCUT2D eigenvalue weighted by atomic mass is 10.2.